The number of fused-ring (bicyclic) bond motifs is 1. The van der Waals surface area contributed by atoms with Crippen LogP contribution in [0, 0.1) is 0 Å². The molecule has 0 saturated heterocycles. The van der Waals surface area contributed by atoms with Crippen LogP contribution in [0.15, 0.2) is 61.4 Å². The van der Waals surface area contributed by atoms with Crippen molar-refractivity contribution >= 4 is 17.1 Å². The van der Waals surface area contributed by atoms with Gasteiger partial charge < -0.3 is 10.3 Å². The molecule has 7 nitrogen and oxygen atoms in total. The molecule has 4 rings (SSSR count). The predicted octanol–water partition coefficient (Wildman–Crippen LogP) is 2.12. The molecular formula is C18H16N6O. The lowest BCUT2D eigenvalue weighted by atomic mass is 10.2. The number of nitrogens with zero attached hydrogens (tertiary/aromatic N) is 4. The van der Waals surface area contributed by atoms with Crippen LogP contribution in [0.3, 0.4) is 0 Å². The van der Waals surface area contributed by atoms with Gasteiger partial charge in [0.2, 0.25) is 0 Å². The summed E-state index contributed by atoms with van der Waals surface area (Å²) in [5.74, 6) is -0.164. The highest BCUT2D eigenvalue weighted by atomic mass is 16.1. The van der Waals surface area contributed by atoms with Crippen LogP contribution in [0.4, 0.5) is 0 Å². The first-order valence-electron chi connectivity index (χ1n) is 7.95. The number of aromatic amines is 1. The van der Waals surface area contributed by atoms with Gasteiger partial charge >= 0.3 is 0 Å². The number of pyridine rings is 1. The molecule has 2 N–H and O–H groups in total. The molecule has 0 radical (unpaired) electrons. The molecule has 7 heteroatoms. The van der Waals surface area contributed by atoms with Gasteiger partial charge in [0.15, 0.2) is 5.65 Å². The Morgan fingerprint density at radius 1 is 1.16 bits per heavy atom. The van der Waals surface area contributed by atoms with E-state index in [2.05, 4.69) is 25.3 Å². The number of aromatic nitrogens is 5. The van der Waals surface area contributed by atoms with E-state index in [-0.39, 0.29) is 5.91 Å². The number of carbonyl (C=O) groups excluding carboxylic acids is 1. The van der Waals surface area contributed by atoms with Gasteiger partial charge in [0, 0.05) is 36.7 Å². The molecule has 0 atom stereocenters. The Hall–Kier alpha value is -3.48. The number of carbonyl (C=O) groups is 1. The summed E-state index contributed by atoms with van der Waals surface area (Å²) >= 11 is 0. The molecule has 3 heterocycles. The predicted molar refractivity (Wildman–Crippen MR) is 93.5 cm³/mol. The standard InChI is InChI=1S/C18H16N6O/c25-18(20-7-6-14-10-19-11-22-14)13-8-16-17(21-9-13)24(12-23-16)15-4-2-1-3-5-15/h1-5,8-12H,6-7H2,(H,19,22)(H,20,25). The molecule has 124 valence electrons. The molecule has 1 aromatic carbocycles. The fraction of sp³-hybridized carbons (Fsp3) is 0.111. The molecule has 3 aromatic heterocycles. The Bertz CT molecular complexity index is 991. The van der Waals surface area contributed by atoms with E-state index in [1.54, 1.807) is 31.1 Å². The number of hydrogen-bond donors (Lipinski definition) is 2. The molecule has 0 spiro atoms. The third-order valence-corrected chi connectivity index (χ3v) is 3.92. The van der Waals surface area contributed by atoms with Crippen LogP contribution in [0.2, 0.25) is 0 Å². The summed E-state index contributed by atoms with van der Waals surface area (Å²) in [5.41, 5.74) is 3.87. The topological polar surface area (TPSA) is 88.5 Å². The van der Waals surface area contributed by atoms with Gasteiger partial charge in [-0.25, -0.2) is 15.0 Å². The van der Waals surface area contributed by atoms with Gasteiger partial charge in [0.1, 0.15) is 11.8 Å². The Kier molecular flexibility index (Phi) is 3.96. The smallest absolute Gasteiger partial charge is 0.252 e. The van der Waals surface area contributed by atoms with Crippen molar-refractivity contribution < 1.29 is 4.79 Å². The van der Waals surface area contributed by atoms with Crippen molar-refractivity contribution in [3.8, 4) is 5.69 Å². The molecule has 1 amide bonds. The van der Waals surface area contributed by atoms with E-state index >= 15 is 0 Å². The van der Waals surface area contributed by atoms with Crippen LogP contribution in [0.25, 0.3) is 16.9 Å². The zero-order valence-electron chi connectivity index (χ0n) is 13.4. The lowest BCUT2D eigenvalue weighted by molar-refractivity contribution is 0.0954. The maximum Gasteiger partial charge on any atom is 0.252 e. The van der Waals surface area contributed by atoms with Crippen LogP contribution in [-0.4, -0.2) is 37.0 Å². The van der Waals surface area contributed by atoms with Gasteiger partial charge in [0.25, 0.3) is 5.91 Å². The van der Waals surface area contributed by atoms with Crippen molar-refractivity contribution in [1.82, 2.24) is 29.8 Å². The fourth-order valence-corrected chi connectivity index (χ4v) is 2.64. The largest absolute Gasteiger partial charge is 0.352 e. The van der Waals surface area contributed by atoms with Crippen molar-refractivity contribution in [3.63, 3.8) is 0 Å². The Morgan fingerprint density at radius 3 is 2.84 bits per heavy atom. The van der Waals surface area contributed by atoms with Crippen LogP contribution in [-0.2, 0) is 6.42 Å². The molecule has 25 heavy (non-hydrogen) atoms. The normalized spacial score (nSPS) is 10.9. The molecule has 0 aliphatic rings. The first-order valence-corrected chi connectivity index (χ1v) is 7.95. The van der Waals surface area contributed by atoms with E-state index in [1.165, 1.54) is 0 Å². The minimum Gasteiger partial charge on any atom is -0.352 e. The van der Waals surface area contributed by atoms with Crippen molar-refractivity contribution in [3.05, 3.63) is 72.7 Å². The van der Waals surface area contributed by atoms with E-state index in [1.807, 2.05) is 34.9 Å². The van der Waals surface area contributed by atoms with Crippen molar-refractivity contribution in [2.75, 3.05) is 6.54 Å². The van der Waals surface area contributed by atoms with Gasteiger partial charge in [-0.1, -0.05) is 18.2 Å². The fourth-order valence-electron chi connectivity index (χ4n) is 2.64. The number of hydrogen-bond acceptors (Lipinski definition) is 4. The van der Waals surface area contributed by atoms with Crippen molar-refractivity contribution in [2.24, 2.45) is 0 Å². The quantitative estimate of drug-likeness (QED) is 0.586. The van der Waals surface area contributed by atoms with Gasteiger partial charge in [-0.05, 0) is 18.2 Å². The summed E-state index contributed by atoms with van der Waals surface area (Å²) in [4.78, 5) is 28.0. The number of benzene rings is 1. The average molecular weight is 332 g/mol. The van der Waals surface area contributed by atoms with E-state index in [4.69, 9.17) is 0 Å². The zero-order valence-corrected chi connectivity index (χ0v) is 13.4. The monoisotopic (exact) mass is 332 g/mol. The van der Waals surface area contributed by atoms with Crippen LogP contribution in [0.5, 0.6) is 0 Å². The number of para-hydroxylation sites is 1. The number of H-pyrrole nitrogens is 1. The number of rotatable bonds is 5. The second kappa shape index (κ2) is 6.56. The summed E-state index contributed by atoms with van der Waals surface area (Å²) in [6, 6.07) is 11.6. The van der Waals surface area contributed by atoms with Crippen LogP contribution < -0.4 is 5.32 Å². The summed E-state index contributed by atoms with van der Waals surface area (Å²) in [6.07, 6.45) is 7.36. The molecule has 0 aliphatic heterocycles. The van der Waals surface area contributed by atoms with E-state index in [0.29, 0.717) is 24.0 Å². The van der Waals surface area contributed by atoms with Crippen molar-refractivity contribution in [2.45, 2.75) is 6.42 Å². The highest BCUT2D eigenvalue weighted by molar-refractivity contribution is 5.96. The van der Waals surface area contributed by atoms with Gasteiger partial charge in [-0.15, -0.1) is 0 Å². The third kappa shape index (κ3) is 3.12. The highest BCUT2D eigenvalue weighted by Gasteiger charge is 2.11. The summed E-state index contributed by atoms with van der Waals surface area (Å²) in [7, 11) is 0. The van der Waals surface area contributed by atoms with Crippen LogP contribution in [0.1, 0.15) is 16.1 Å². The lowest BCUT2D eigenvalue weighted by Crippen LogP contribution is -2.25. The Morgan fingerprint density at radius 2 is 2.04 bits per heavy atom. The molecule has 0 unspecified atom stereocenters. The highest BCUT2D eigenvalue weighted by Crippen LogP contribution is 2.17. The van der Waals surface area contributed by atoms with E-state index < -0.39 is 0 Å². The molecule has 0 saturated carbocycles. The molecule has 0 aliphatic carbocycles. The second-order valence-electron chi connectivity index (χ2n) is 5.60. The molecule has 0 fully saturated rings. The Labute approximate surface area is 143 Å². The Balaban J connectivity index is 1.50. The number of imidazole rings is 2. The minimum atomic E-state index is -0.164. The molecule has 4 aromatic rings. The first kappa shape index (κ1) is 15.1. The summed E-state index contributed by atoms with van der Waals surface area (Å²) in [6.45, 7) is 0.525. The van der Waals surface area contributed by atoms with Gasteiger partial charge in [-0.3, -0.25) is 9.36 Å². The number of nitrogens with one attached hydrogen (secondary N) is 2. The van der Waals surface area contributed by atoms with Gasteiger partial charge in [0.05, 0.1) is 11.9 Å². The summed E-state index contributed by atoms with van der Waals surface area (Å²) < 4.78 is 1.90. The van der Waals surface area contributed by atoms with Crippen molar-refractivity contribution in [1.29, 1.82) is 0 Å². The molecular weight excluding hydrogens is 316 g/mol. The average Bonchev–Trinajstić information content (AvgIpc) is 3.31. The van der Waals surface area contributed by atoms with Crippen LogP contribution >= 0.6 is 0 Å². The minimum absolute atomic E-state index is 0.164. The van der Waals surface area contributed by atoms with E-state index in [0.717, 1.165) is 17.0 Å². The number of amides is 1. The first-order chi connectivity index (χ1) is 12.3. The van der Waals surface area contributed by atoms with Gasteiger partial charge in [-0.2, -0.15) is 0 Å². The maximum atomic E-state index is 12.3. The zero-order chi connectivity index (χ0) is 17.1. The second-order valence-corrected chi connectivity index (χ2v) is 5.60. The molecule has 0 bridgehead atoms. The van der Waals surface area contributed by atoms with E-state index in [9.17, 15) is 4.79 Å². The SMILES string of the molecule is O=C(NCCc1cnc[nH]1)c1cnc2c(c1)ncn2-c1ccccc1. The lowest BCUT2D eigenvalue weighted by Gasteiger charge is -2.05. The third-order valence-electron chi connectivity index (χ3n) is 3.92. The maximum absolute atomic E-state index is 12.3. The summed E-state index contributed by atoms with van der Waals surface area (Å²) in [5, 5.41) is 2.88.